The van der Waals surface area contributed by atoms with Gasteiger partial charge in [0.2, 0.25) is 0 Å². The highest BCUT2D eigenvalue weighted by atomic mass is 16.5. The Morgan fingerprint density at radius 2 is 2.29 bits per heavy atom. The van der Waals surface area contributed by atoms with Gasteiger partial charge in [0, 0.05) is 5.56 Å². The number of methoxy groups -OCH3 is 1. The lowest BCUT2D eigenvalue weighted by Crippen LogP contribution is -1.98. The van der Waals surface area contributed by atoms with Gasteiger partial charge in [-0.25, -0.2) is 4.79 Å². The molecule has 3 heteroatoms. The molecule has 0 saturated heterocycles. The lowest BCUT2D eigenvalue weighted by molar-refractivity contribution is -0.130. The summed E-state index contributed by atoms with van der Waals surface area (Å²) in [5.41, 5.74) is 2.11. The van der Waals surface area contributed by atoms with E-state index < -0.39 is 5.97 Å². The van der Waals surface area contributed by atoms with Crippen LogP contribution in [0.1, 0.15) is 11.1 Å². The van der Waals surface area contributed by atoms with Crippen LogP contribution in [0, 0.1) is 0 Å². The lowest BCUT2D eigenvalue weighted by atomic mass is 10.1. The van der Waals surface area contributed by atoms with Crippen LogP contribution >= 0.6 is 0 Å². The first-order chi connectivity index (χ1) is 6.74. The van der Waals surface area contributed by atoms with E-state index in [0.29, 0.717) is 12.0 Å². The highest BCUT2D eigenvalue weighted by Gasteiger charge is 2.21. The van der Waals surface area contributed by atoms with Gasteiger partial charge in [-0.15, -0.1) is 0 Å². The molecule has 0 fully saturated rings. The molecule has 0 saturated carbocycles. The van der Waals surface area contributed by atoms with E-state index in [9.17, 15) is 4.79 Å². The molecule has 0 aliphatic heterocycles. The van der Waals surface area contributed by atoms with Crippen molar-refractivity contribution in [3.05, 3.63) is 35.4 Å². The third kappa shape index (κ3) is 1.18. The monoisotopic (exact) mass is 190 g/mol. The second kappa shape index (κ2) is 3.18. The minimum Gasteiger partial charge on any atom is -0.496 e. The molecule has 1 aliphatic rings. The normalized spacial score (nSPS) is 13.4. The average Bonchev–Trinajstić information content (AvgIpc) is 2.60. The van der Waals surface area contributed by atoms with Crippen LogP contribution in [0.2, 0.25) is 0 Å². The fraction of sp³-hybridized carbons (Fsp3) is 0.182. The molecule has 0 radical (unpaired) electrons. The maximum Gasteiger partial charge on any atom is 0.335 e. The number of allylic oxidation sites excluding steroid dienone is 1. The quantitative estimate of drug-likeness (QED) is 0.772. The summed E-state index contributed by atoms with van der Waals surface area (Å²) in [4.78, 5) is 10.9. The number of carbonyl (C=O) groups is 1. The minimum absolute atomic E-state index is 0.374. The summed E-state index contributed by atoms with van der Waals surface area (Å²) in [6, 6.07) is 5.46. The van der Waals surface area contributed by atoms with Gasteiger partial charge in [-0.05, 0) is 18.1 Å². The van der Waals surface area contributed by atoms with Gasteiger partial charge in [0.25, 0.3) is 0 Å². The van der Waals surface area contributed by atoms with Gasteiger partial charge in [-0.2, -0.15) is 0 Å². The zero-order valence-electron chi connectivity index (χ0n) is 7.78. The summed E-state index contributed by atoms with van der Waals surface area (Å²) < 4.78 is 5.16. The topological polar surface area (TPSA) is 46.5 Å². The van der Waals surface area contributed by atoms with Crippen LogP contribution in [-0.2, 0) is 11.2 Å². The molecule has 1 aromatic carbocycles. The van der Waals surface area contributed by atoms with Crippen molar-refractivity contribution >= 4 is 11.5 Å². The first-order valence-electron chi connectivity index (χ1n) is 4.33. The van der Waals surface area contributed by atoms with E-state index in [2.05, 4.69) is 0 Å². The molecule has 3 nitrogen and oxygen atoms in total. The molecule has 2 rings (SSSR count). The first kappa shape index (κ1) is 8.81. The Hall–Kier alpha value is -1.77. The van der Waals surface area contributed by atoms with Crippen molar-refractivity contribution < 1.29 is 14.6 Å². The van der Waals surface area contributed by atoms with Crippen molar-refractivity contribution in [2.45, 2.75) is 6.42 Å². The van der Waals surface area contributed by atoms with Gasteiger partial charge in [0.05, 0.1) is 12.7 Å². The van der Waals surface area contributed by atoms with Crippen LogP contribution in [0.3, 0.4) is 0 Å². The Morgan fingerprint density at radius 1 is 1.50 bits per heavy atom. The summed E-state index contributed by atoms with van der Waals surface area (Å²) in [6.45, 7) is 0. The van der Waals surface area contributed by atoms with Crippen molar-refractivity contribution in [3.63, 3.8) is 0 Å². The van der Waals surface area contributed by atoms with E-state index in [1.54, 1.807) is 19.3 Å². The molecule has 0 aromatic heterocycles. The fourth-order valence-electron chi connectivity index (χ4n) is 1.74. The molecule has 0 atom stereocenters. The lowest BCUT2D eigenvalue weighted by Gasteiger charge is -2.07. The van der Waals surface area contributed by atoms with Crippen LogP contribution in [0.25, 0.3) is 5.57 Å². The van der Waals surface area contributed by atoms with E-state index in [1.807, 2.05) is 12.1 Å². The molecular formula is C11H10O3. The average molecular weight is 190 g/mol. The SMILES string of the molecule is COc1cccc2c1CC=C2C(=O)O. The van der Waals surface area contributed by atoms with Crippen LogP contribution in [0.15, 0.2) is 24.3 Å². The molecule has 1 N–H and O–H groups in total. The molecule has 14 heavy (non-hydrogen) atoms. The minimum atomic E-state index is -0.878. The third-order valence-corrected chi connectivity index (χ3v) is 2.38. The number of hydrogen-bond acceptors (Lipinski definition) is 2. The zero-order valence-corrected chi connectivity index (χ0v) is 7.78. The van der Waals surface area contributed by atoms with Crippen LogP contribution < -0.4 is 4.74 Å². The molecule has 0 unspecified atom stereocenters. The van der Waals surface area contributed by atoms with E-state index in [1.165, 1.54) is 0 Å². The largest absolute Gasteiger partial charge is 0.496 e. The summed E-state index contributed by atoms with van der Waals surface area (Å²) in [6.07, 6.45) is 2.36. The Kier molecular flexibility index (Phi) is 2.00. The molecule has 0 bridgehead atoms. The summed E-state index contributed by atoms with van der Waals surface area (Å²) in [5.74, 6) is -0.119. The summed E-state index contributed by atoms with van der Waals surface area (Å²) in [5, 5.41) is 8.91. The molecule has 1 aliphatic carbocycles. The molecule has 0 amide bonds. The molecule has 0 heterocycles. The number of rotatable bonds is 2. The maximum absolute atomic E-state index is 10.9. The highest BCUT2D eigenvalue weighted by molar-refractivity contribution is 6.17. The van der Waals surface area contributed by atoms with Crippen molar-refractivity contribution in [1.29, 1.82) is 0 Å². The molecular weight excluding hydrogens is 180 g/mol. The number of carboxylic acids is 1. The Balaban J connectivity index is 2.52. The van der Waals surface area contributed by atoms with Gasteiger partial charge in [-0.1, -0.05) is 18.2 Å². The maximum atomic E-state index is 10.9. The second-order valence-electron chi connectivity index (χ2n) is 3.11. The van der Waals surface area contributed by atoms with E-state index in [-0.39, 0.29) is 0 Å². The zero-order chi connectivity index (χ0) is 10.1. The summed E-state index contributed by atoms with van der Waals surface area (Å²) in [7, 11) is 1.59. The van der Waals surface area contributed by atoms with Gasteiger partial charge < -0.3 is 9.84 Å². The van der Waals surface area contributed by atoms with E-state index in [0.717, 1.165) is 16.9 Å². The van der Waals surface area contributed by atoms with Gasteiger partial charge in [0.1, 0.15) is 5.75 Å². The van der Waals surface area contributed by atoms with E-state index in [4.69, 9.17) is 9.84 Å². The standard InChI is InChI=1S/C11H10O3/c1-14-10-4-2-3-7-8(10)5-6-9(7)11(12)13/h2-4,6H,5H2,1H3,(H,12,13). The number of ether oxygens (including phenoxy) is 1. The van der Waals surface area contributed by atoms with Gasteiger partial charge in [0.15, 0.2) is 0 Å². The van der Waals surface area contributed by atoms with Crippen molar-refractivity contribution in [2.75, 3.05) is 7.11 Å². The van der Waals surface area contributed by atoms with Crippen molar-refractivity contribution in [1.82, 2.24) is 0 Å². The number of fused-ring (bicyclic) bond motifs is 1. The molecule has 1 aromatic rings. The number of carboxylic acid groups (broad SMARTS) is 1. The number of aliphatic carboxylic acids is 1. The first-order valence-corrected chi connectivity index (χ1v) is 4.33. The Labute approximate surface area is 81.6 Å². The van der Waals surface area contributed by atoms with Crippen LogP contribution in [-0.4, -0.2) is 18.2 Å². The van der Waals surface area contributed by atoms with Crippen molar-refractivity contribution in [3.8, 4) is 5.75 Å². The number of hydrogen-bond donors (Lipinski definition) is 1. The van der Waals surface area contributed by atoms with Crippen LogP contribution in [0.5, 0.6) is 5.75 Å². The van der Waals surface area contributed by atoms with Crippen LogP contribution in [0.4, 0.5) is 0 Å². The van der Waals surface area contributed by atoms with Gasteiger partial charge in [-0.3, -0.25) is 0 Å². The summed E-state index contributed by atoms with van der Waals surface area (Å²) >= 11 is 0. The fourth-order valence-corrected chi connectivity index (χ4v) is 1.74. The van der Waals surface area contributed by atoms with Gasteiger partial charge >= 0.3 is 5.97 Å². The number of benzene rings is 1. The highest BCUT2D eigenvalue weighted by Crippen LogP contribution is 2.33. The second-order valence-corrected chi connectivity index (χ2v) is 3.11. The Morgan fingerprint density at radius 3 is 2.93 bits per heavy atom. The third-order valence-electron chi connectivity index (χ3n) is 2.38. The molecule has 72 valence electrons. The molecule has 0 spiro atoms. The van der Waals surface area contributed by atoms with E-state index >= 15 is 0 Å². The predicted molar refractivity (Wildman–Crippen MR) is 52.3 cm³/mol. The van der Waals surface area contributed by atoms with Crippen molar-refractivity contribution in [2.24, 2.45) is 0 Å². The smallest absolute Gasteiger partial charge is 0.335 e. The Bertz CT molecular complexity index is 419. The predicted octanol–water partition coefficient (Wildman–Crippen LogP) is 1.72.